The normalized spacial score (nSPS) is 13.0. The van der Waals surface area contributed by atoms with Crippen molar-refractivity contribution in [3.05, 3.63) is 193 Å². The molecule has 3 aromatic heterocycles. The molecule has 1 aliphatic rings. The van der Waals surface area contributed by atoms with Crippen molar-refractivity contribution in [2.24, 2.45) is 0 Å². The third kappa shape index (κ3) is 6.78. The first-order valence-corrected chi connectivity index (χ1v) is 22.1. The summed E-state index contributed by atoms with van der Waals surface area (Å²) in [4.78, 5) is 9.98. The summed E-state index contributed by atoms with van der Waals surface area (Å²) < 4.78 is 15.1. The molecule has 64 heavy (non-hydrogen) atoms. The second-order valence-corrected chi connectivity index (χ2v) is 18.9. The molecule has 0 fully saturated rings. The van der Waals surface area contributed by atoms with Gasteiger partial charge in [-0.15, -0.1) is 0 Å². The average Bonchev–Trinajstić information content (AvgIpc) is 4.02. The highest BCUT2D eigenvalue weighted by molar-refractivity contribution is 6.10. The van der Waals surface area contributed by atoms with Crippen LogP contribution >= 0.6 is 0 Å². The Kier molecular flexibility index (Phi) is 9.24. The van der Waals surface area contributed by atoms with Crippen molar-refractivity contribution in [3.63, 3.8) is 0 Å². The average molecular weight is 835 g/mol. The number of fused-ring (bicyclic) bond motifs is 5. The molecule has 4 heterocycles. The zero-order chi connectivity index (χ0) is 43.7. The van der Waals surface area contributed by atoms with E-state index < -0.39 is 0 Å². The fourth-order valence-corrected chi connectivity index (χ4v) is 9.46. The van der Waals surface area contributed by atoms with Crippen LogP contribution in [-0.2, 0) is 10.8 Å². The van der Waals surface area contributed by atoms with E-state index in [1.54, 1.807) is 6.26 Å². The molecule has 0 spiro atoms. The maximum Gasteiger partial charge on any atom is 0.228 e. The van der Waals surface area contributed by atoms with Gasteiger partial charge >= 0.3 is 0 Å². The zero-order valence-electron chi connectivity index (χ0n) is 37.1. The first-order valence-electron chi connectivity index (χ1n) is 22.1. The third-order valence-electron chi connectivity index (χ3n) is 12.7. The Morgan fingerprint density at radius 2 is 1.17 bits per heavy atom. The maximum atomic E-state index is 6.85. The predicted molar refractivity (Wildman–Crippen MR) is 265 cm³/mol. The summed E-state index contributed by atoms with van der Waals surface area (Å²) in [6.45, 7) is 14.1. The summed E-state index contributed by atoms with van der Waals surface area (Å²) in [5.41, 5.74) is 14.3. The highest BCUT2D eigenvalue weighted by Crippen LogP contribution is 2.50. The van der Waals surface area contributed by atoms with E-state index in [0.29, 0.717) is 12.4 Å². The monoisotopic (exact) mass is 834 g/mol. The minimum absolute atomic E-state index is 0.0102. The number of pyridine rings is 1. The Hall–Kier alpha value is -7.57. The van der Waals surface area contributed by atoms with Gasteiger partial charge in [-0.1, -0.05) is 145 Å². The van der Waals surface area contributed by atoms with Gasteiger partial charge in [-0.2, -0.15) is 4.98 Å². The van der Waals surface area contributed by atoms with Gasteiger partial charge in [0.05, 0.1) is 34.4 Å². The molecule has 0 radical (unpaired) electrons. The SMILES string of the molecule is CC(C)(C)c1ccc2c(c1)c1ccc(Oc3cccc(N4CN(c5c(-c6ccccc6)cccc5-c5ccccc5)c5ccccc54)c3)cc1n2-c1cc(C(C)(C)C)c2ccoc2n1. The van der Waals surface area contributed by atoms with Crippen molar-refractivity contribution in [2.45, 2.75) is 52.4 Å². The highest BCUT2D eigenvalue weighted by Gasteiger charge is 2.32. The van der Waals surface area contributed by atoms with Crippen molar-refractivity contribution in [2.75, 3.05) is 16.5 Å². The summed E-state index contributed by atoms with van der Waals surface area (Å²) >= 11 is 0. The van der Waals surface area contributed by atoms with Gasteiger partial charge in [-0.3, -0.25) is 4.57 Å². The zero-order valence-corrected chi connectivity index (χ0v) is 37.1. The van der Waals surface area contributed by atoms with Gasteiger partial charge in [0, 0.05) is 45.1 Å². The van der Waals surface area contributed by atoms with E-state index in [1.165, 1.54) is 44.5 Å². The quantitative estimate of drug-likeness (QED) is 0.160. The second-order valence-electron chi connectivity index (χ2n) is 18.9. The van der Waals surface area contributed by atoms with Crippen LogP contribution in [0.2, 0.25) is 0 Å². The molecule has 0 atom stereocenters. The molecule has 0 aliphatic carbocycles. The molecule has 6 nitrogen and oxygen atoms in total. The van der Waals surface area contributed by atoms with E-state index in [0.717, 1.165) is 56.2 Å². The van der Waals surface area contributed by atoms with Gasteiger partial charge < -0.3 is 19.0 Å². The molecule has 0 saturated heterocycles. The lowest BCUT2D eigenvalue weighted by Crippen LogP contribution is -2.24. The molecule has 6 heteroatoms. The van der Waals surface area contributed by atoms with E-state index >= 15 is 0 Å². The lowest BCUT2D eigenvalue weighted by atomic mass is 9.85. The Labute approximate surface area is 374 Å². The summed E-state index contributed by atoms with van der Waals surface area (Å²) in [6, 6.07) is 62.7. The molecule has 11 rings (SSSR count). The molecular formula is C58H50N4O2. The molecule has 0 amide bonds. The van der Waals surface area contributed by atoms with E-state index in [-0.39, 0.29) is 10.8 Å². The number of furan rings is 1. The van der Waals surface area contributed by atoms with Crippen molar-refractivity contribution >= 4 is 55.7 Å². The number of aromatic nitrogens is 2. The lowest BCUT2D eigenvalue weighted by molar-refractivity contribution is 0.483. The highest BCUT2D eigenvalue weighted by atomic mass is 16.5. The summed E-state index contributed by atoms with van der Waals surface area (Å²) in [7, 11) is 0. The largest absolute Gasteiger partial charge is 0.457 e. The number of benzene rings is 7. The van der Waals surface area contributed by atoms with Gasteiger partial charge in [0.25, 0.3) is 0 Å². The molecule has 0 N–H and O–H groups in total. The number of hydrogen-bond acceptors (Lipinski definition) is 5. The number of anilines is 4. The fourth-order valence-electron chi connectivity index (χ4n) is 9.46. The minimum Gasteiger partial charge on any atom is -0.457 e. The van der Waals surface area contributed by atoms with Gasteiger partial charge in [0.1, 0.15) is 24.0 Å². The van der Waals surface area contributed by atoms with E-state index in [4.69, 9.17) is 14.1 Å². The fraction of sp³-hybridized carbons (Fsp3) is 0.155. The molecule has 10 aromatic rings. The molecule has 7 aromatic carbocycles. The van der Waals surface area contributed by atoms with Crippen LogP contribution in [0.5, 0.6) is 11.5 Å². The van der Waals surface area contributed by atoms with Crippen molar-refractivity contribution in [1.82, 2.24) is 9.55 Å². The molecule has 1 aliphatic heterocycles. The number of nitrogens with zero attached hydrogens (tertiary/aromatic N) is 4. The van der Waals surface area contributed by atoms with E-state index in [1.807, 2.05) is 12.1 Å². The molecular weight excluding hydrogens is 785 g/mol. The van der Waals surface area contributed by atoms with Crippen LogP contribution < -0.4 is 14.5 Å². The van der Waals surface area contributed by atoms with Gasteiger partial charge in [0.15, 0.2) is 0 Å². The Bertz CT molecular complexity index is 3310. The lowest BCUT2D eigenvalue weighted by Gasteiger charge is -2.27. The van der Waals surface area contributed by atoms with Gasteiger partial charge in [0.2, 0.25) is 5.71 Å². The maximum absolute atomic E-state index is 6.85. The number of para-hydroxylation sites is 3. The van der Waals surface area contributed by atoms with E-state index in [2.05, 4.69) is 220 Å². The molecule has 0 bridgehead atoms. The first-order chi connectivity index (χ1) is 31.0. The number of rotatable bonds is 7. The predicted octanol–water partition coefficient (Wildman–Crippen LogP) is 15.9. The van der Waals surface area contributed by atoms with Crippen molar-refractivity contribution < 1.29 is 9.15 Å². The van der Waals surface area contributed by atoms with Crippen molar-refractivity contribution in [1.29, 1.82) is 0 Å². The minimum atomic E-state index is -0.125. The van der Waals surface area contributed by atoms with Crippen LogP contribution in [0.4, 0.5) is 22.7 Å². The van der Waals surface area contributed by atoms with Crippen LogP contribution in [0, 0.1) is 0 Å². The Morgan fingerprint density at radius 1 is 0.516 bits per heavy atom. The van der Waals surface area contributed by atoms with Crippen LogP contribution in [0.1, 0.15) is 52.7 Å². The first kappa shape index (κ1) is 39.3. The standard InChI is InChI=1S/C58H50N4O2/c1-57(2,3)40-27-30-50-48(33-40)46-29-28-43(35-53(46)62(50)54-36-49(58(4,5)6)47-31-32-63-56(47)59-54)64-42-22-15-21-41(34-42)60-37-61(52-26-14-13-25-51(52)60)55-44(38-17-9-7-10-18-38)23-16-24-45(55)39-19-11-8-12-20-39/h7-36H,37H2,1-6H3. The summed E-state index contributed by atoms with van der Waals surface area (Å²) in [5, 5.41) is 3.35. The molecule has 0 saturated carbocycles. The van der Waals surface area contributed by atoms with Gasteiger partial charge in [-0.05, 0) is 93.7 Å². The van der Waals surface area contributed by atoms with E-state index in [9.17, 15) is 0 Å². The van der Waals surface area contributed by atoms with Crippen LogP contribution in [0.25, 0.3) is 61.0 Å². The Morgan fingerprint density at radius 3 is 1.86 bits per heavy atom. The summed E-state index contributed by atoms with van der Waals surface area (Å²) in [5.74, 6) is 2.31. The number of ether oxygens (including phenoxy) is 1. The van der Waals surface area contributed by atoms with Crippen molar-refractivity contribution in [3.8, 4) is 39.6 Å². The molecule has 314 valence electrons. The second kappa shape index (κ2) is 15.1. The van der Waals surface area contributed by atoms with Gasteiger partial charge in [-0.25, -0.2) is 0 Å². The van der Waals surface area contributed by atoms with Crippen LogP contribution in [0.3, 0.4) is 0 Å². The van der Waals surface area contributed by atoms with Crippen LogP contribution in [-0.4, -0.2) is 16.2 Å². The Balaban J connectivity index is 0.999. The topological polar surface area (TPSA) is 46.7 Å². The number of hydrogen-bond donors (Lipinski definition) is 0. The summed E-state index contributed by atoms with van der Waals surface area (Å²) in [6.07, 6.45) is 1.74. The van der Waals surface area contributed by atoms with Crippen LogP contribution in [0.15, 0.2) is 187 Å². The smallest absolute Gasteiger partial charge is 0.228 e. The molecule has 0 unspecified atom stereocenters. The third-order valence-corrected chi connectivity index (χ3v) is 12.7.